The van der Waals surface area contributed by atoms with E-state index in [-0.39, 0.29) is 0 Å². The SMILES string of the molecule is NC(=O)OCC1CCN(C2CNC2)CC1. The Bertz CT molecular complexity index is 223. The smallest absolute Gasteiger partial charge is 0.404 e. The van der Waals surface area contributed by atoms with Crippen molar-refractivity contribution in [2.24, 2.45) is 11.7 Å². The second-order valence-electron chi connectivity index (χ2n) is 4.42. The number of amides is 1. The Morgan fingerprint density at radius 1 is 1.40 bits per heavy atom. The van der Waals surface area contributed by atoms with Crippen molar-refractivity contribution in [1.29, 1.82) is 0 Å². The van der Waals surface area contributed by atoms with Crippen LogP contribution in [0.15, 0.2) is 0 Å². The van der Waals surface area contributed by atoms with Crippen LogP contribution in [-0.2, 0) is 4.74 Å². The van der Waals surface area contributed by atoms with E-state index < -0.39 is 6.09 Å². The van der Waals surface area contributed by atoms with Crippen molar-refractivity contribution in [2.75, 3.05) is 32.8 Å². The van der Waals surface area contributed by atoms with Gasteiger partial charge in [-0.25, -0.2) is 4.79 Å². The van der Waals surface area contributed by atoms with Gasteiger partial charge in [0.15, 0.2) is 0 Å². The van der Waals surface area contributed by atoms with Crippen LogP contribution in [0.3, 0.4) is 0 Å². The average molecular weight is 213 g/mol. The molecule has 0 spiro atoms. The Hall–Kier alpha value is -0.810. The average Bonchev–Trinajstić information content (AvgIpc) is 2.14. The lowest BCUT2D eigenvalue weighted by Gasteiger charge is -2.42. The highest BCUT2D eigenvalue weighted by molar-refractivity contribution is 5.64. The Morgan fingerprint density at radius 3 is 2.53 bits per heavy atom. The maximum atomic E-state index is 10.5. The molecule has 1 amide bonds. The van der Waals surface area contributed by atoms with Gasteiger partial charge >= 0.3 is 6.09 Å². The molecule has 3 N–H and O–H groups in total. The van der Waals surface area contributed by atoms with Crippen LogP contribution in [0, 0.1) is 5.92 Å². The first-order valence-electron chi connectivity index (χ1n) is 5.62. The second-order valence-corrected chi connectivity index (χ2v) is 4.42. The zero-order valence-electron chi connectivity index (χ0n) is 8.95. The first kappa shape index (κ1) is 10.7. The third-order valence-electron chi connectivity index (χ3n) is 3.39. The first-order chi connectivity index (χ1) is 7.25. The van der Waals surface area contributed by atoms with Crippen molar-refractivity contribution < 1.29 is 9.53 Å². The van der Waals surface area contributed by atoms with Gasteiger partial charge in [0.2, 0.25) is 0 Å². The third-order valence-corrected chi connectivity index (χ3v) is 3.39. The summed E-state index contributed by atoms with van der Waals surface area (Å²) in [6.45, 7) is 5.00. The number of carbonyl (C=O) groups is 1. The van der Waals surface area contributed by atoms with Gasteiger partial charge in [-0.2, -0.15) is 0 Å². The lowest BCUT2D eigenvalue weighted by molar-refractivity contribution is 0.0689. The molecular formula is C10H19N3O2. The van der Waals surface area contributed by atoms with Gasteiger partial charge in [0, 0.05) is 19.1 Å². The number of hydrogen-bond acceptors (Lipinski definition) is 4. The van der Waals surface area contributed by atoms with E-state index in [0.717, 1.165) is 45.1 Å². The zero-order valence-corrected chi connectivity index (χ0v) is 8.95. The van der Waals surface area contributed by atoms with Gasteiger partial charge in [0.1, 0.15) is 0 Å². The number of carbonyl (C=O) groups excluding carboxylic acids is 1. The van der Waals surface area contributed by atoms with E-state index in [1.54, 1.807) is 0 Å². The molecule has 0 unspecified atom stereocenters. The molecule has 2 saturated heterocycles. The molecule has 2 heterocycles. The minimum Gasteiger partial charge on any atom is -0.449 e. The van der Waals surface area contributed by atoms with Gasteiger partial charge in [0.05, 0.1) is 6.61 Å². The first-order valence-corrected chi connectivity index (χ1v) is 5.62. The largest absolute Gasteiger partial charge is 0.449 e. The summed E-state index contributed by atoms with van der Waals surface area (Å²) < 4.78 is 4.83. The molecule has 5 nitrogen and oxygen atoms in total. The molecule has 2 aliphatic heterocycles. The number of primary amides is 1. The van der Waals surface area contributed by atoms with Crippen LogP contribution >= 0.6 is 0 Å². The number of hydrogen-bond donors (Lipinski definition) is 2. The van der Waals surface area contributed by atoms with E-state index in [1.165, 1.54) is 0 Å². The molecule has 0 saturated carbocycles. The van der Waals surface area contributed by atoms with E-state index in [4.69, 9.17) is 10.5 Å². The van der Waals surface area contributed by atoms with Crippen LogP contribution in [0.5, 0.6) is 0 Å². The van der Waals surface area contributed by atoms with Crippen LogP contribution in [0.1, 0.15) is 12.8 Å². The van der Waals surface area contributed by atoms with Crippen molar-refractivity contribution >= 4 is 6.09 Å². The summed E-state index contributed by atoms with van der Waals surface area (Å²) in [6, 6.07) is 0.739. The van der Waals surface area contributed by atoms with E-state index >= 15 is 0 Å². The molecule has 0 radical (unpaired) electrons. The van der Waals surface area contributed by atoms with E-state index in [2.05, 4.69) is 10.2 Å². The highest BCUT2D eigenvalue weighted by Gasteiger charge is 2.28. The van der Waals surface area contributed by atoms with Crippen molar-refractivity contribution in [2.45, 2.75) is 18.9 Å². The number of ether oxygens (including phenoxy) is 1. The summed E-state index contributed by atoms with van der Waals surface area (Å²) in [5.41, 5.74) is 4.94. The molecule has 5 heteroatoms. The van der Waals surface area contributed by atoms with Gasteiger partial charge in [-0.3, -0.25) is 4.90 Å². The Labute approximate surface area is 89.9 Å². The fourth-order valence-electron chi connectivity index (χ4n) is 2.22. The van der Waals surface area contributed by atoms with Gasteiger partial charge < -0.3 is 15.8 Å². The molecule has 15 heavy (non-hydrogen) atoms. The molecule has 0 atom stereocenters. The van der Waals surface area contributed by atoms with Gasteiger partial charge in [0.25, 0.3) is 0 Å². The molecule has 2 aliphatic rings. The fraction of sp³-hybridized carbons (Fsp3) is 0.900. The van der Waals surface area contributed by atoms with Crippen molar-refractivity contribution in [3.05, 3.63) is 0 Å². The summed E-state index contributed by atoms with van der Waals surface area (Å²) in [7, 11) is 0. The normalized spacial score (nSPS) is 24.8. The highest BCUT2D eigenvalue weighted by atomic mass is 16.5. The number of piperidine rings is 1. The topological polar surface area (TPSA) is 67.6 Å². The predicted molar refractivity (Wildman–Crippen MR) is 56.5 cm³/mol. The quantitative estimate of drug-likeness (QED) is 0.679. The van der Waals surface area contributed by atoms with E-state index in [1.807, 2.05) is 0 Å². The molecule has 0 bridgehead atoms. The second kappa shape index (κ2) is 4.81. The monoisotopic (exact) mass is 213 g/mol. The molecule has 0 aliphatic carbocycles. The van der Waals surface area contributed by atoms with Gasteiger partial charge in [-0.15, -0.1) is 0 Å². The molecule has 0 aromatic rings. The maximum Gasteiger partial charge on any atom is 0.404 e. The lowest BCUT2D eigenvalue weighted by Crippen LogP contribution is -2.58. The molecule has 2 fully saturated rings. The lowest BCUT2D eigenvalue weighted by atomic mass is 9.95. The third kappa shape index (κ3) is 2.82. The molecule has 2 rings (SSSR count). The Kier molecular flexibility index (Phi) is 3.43. The number of nitrogens with two attached hydrogens (primary N) is 1. The minimum atomic E-state index is -0.652. The van der Waals surface area contributed by atoms with Crippen LogP contribution in [-0.4, -0.2) is 49.8 Å². The predicted octanol–water partition coefficient (Wildman–Crippen LogP) is -0.234. The maximum absolute atomic E-state index is 10.5. The van der Waals surface area contributed by atoms with Crippen LogP contribution in [0.4, 0.5) is 4.79 Å². The van der Waals surface area contributed by atoms with E-state index in [0.29, 0.717) is 12.5 Å². The van der Waals surface area contributed by atoms with Gasteiger partial charge in [-0.1, -0.05) is 0 Å². The molecule has 0 aromatic heterocycles. The Morgan fingerprint density at radius 2 is 2.07 bits per heavy atom. The standard InChI is InChI=1S/C10H19N3O2/c11-10(14)15-7-8-1-3-13(4-2-8)9-5-12-6-9/h8-9,12H,1-7H2,(H2,11,14). The van der Waals surface area contributed by atoms with Crippen LogP contribution < -0.4 is 11.1 Å². The summed E-state index contributed by atoms with van der Waals surface area (Å²) in [5, 5.41) is 3.28. The van der Waals surface area contributed by atoms with Crippen molar-refractivity contribution in [1.82, 2.24) is 10.2 Å². The molecule has 86 valence electrons. The van der Waals surface area contributed by atoms with Crippen LogP contribution in [0.25, 0.3) is 0 Å². The number of rotatable bonds is 3. The summed E-state index contributed by atoms with van der Waals surface area (Å²) in [4.78, 5) is 13.0. The van der Waals surface area contributed by atoms with Gasteiger partial charge in [-0.05, 0) is 31.8 Å². The van der Waals surface area contributed by atoms with Crippen molar-refractivity contribution in [3.8, 4) is 0 Å². The number of likely N-dealkylation sites (tertiary alicyclic amines) is 1. The number of nitrogens with one attached hydrogen (secondary N) is 1. The molecular weight excluding hydrogens is 194 g/mol. The summed E-state index contributed by atoms with van der Waals surface area (Å²) >= 11 is 0. The highest BCUT2D eigenvalue weighted by Crippen LogP contribution is 2.20. The number of nitrogens with zero attached hydrogens (tertiary/aromatic N) is 1. The zero-order chi connectivity index (χ0) is 10.7. The van der Waals surface area contributed by atoms with Crippen LogP contribution in [0.2, 0.25) is 0 Å². The van der Waals surface area contributed by atoms with E-state index in [9.17, 15) is 4.79 Å². The van der Waals surface area contributed by atoms with Crippen molar-refractivity contribution in [3.63, 3.8) is 0 Å². The minimum absolute atomic E-state index is 0.492. The molecule has 0 aromatic carbocycles. The Balaban J connectivity index is 1.65. The fourth-order valence-corrected chi connectivity index (χ4v) is 2.22. The summed E-state index contributed by atoms with van der Waals surface area (Å²) in [5.74, 6) is 0.502. The summed E-state index contributed by atoms with van der Waals surface area (Å²) in [6.07, 6.45) is 1.58.